The zero-order chi connectivity index (χ0) is 18.6. The first kappa shape index (κ1) is 22.9. The molecule has 0 bridgehead atoms. The summed E-state index contributed by atoms with van der Waals surface area (Å²) in [7, 11) is 1.54. The van der Waals surface area contributed by atoms with Crippen molar-refractivity contribution in [2.24, 2.45) is 4.99 Å². The summed E-state index contributed by atoms with van der Waals surface area (Å²) in [6.07, 6.45) is 0.758. The first-order chi connectivity index (χ1) is 12.7. The molecule has 0 saturated heterocycles. The number of halogens is 1. The molecule has 0 spiro atoms. The maximum Gasteiger partial charge on any atom is 0.191 e. The van der Waals surface area contributed by atoms with E-state index >= 15 is 0 Å². The molecule has 0 heterocycles. The quantitative estimate of drug-likeness (QED) is 0.220. The number of phenolic OH excluding ortho intramolecular Hbond substituents is 1. The summed E-state index contributed by atoms with van der Waals surface area (Å²) in [6, 6.07) is 15.1. The van der Waals surface area contributed by atoms with Crippen LogP contribution in [-0.2, 0) is 6.42 Å². The molecule has 148 valence electrons. The maximum absolute atomic E-state index is 9.64. The molecule has 27 heavy (non-hydrogen) atoms. The molecule has 0 aliphatic rings. The lowest BCUT2D eigenvalue weighted by molar-refractivity contribution is 0.322. The van der Waals surface area contributed by atoms with Crippen LogP contribution in [0.4, 0.5) is 0 Å². The highest BCUT2D eigenvalue weighted by Crippen LogP contribution is 2.26. The van der Waals surface area contributed by atoms with Crippen molar-refractivity contribution in [2.75, 3.05) is 33.4 Å². The first-order valence-corrected chi connectivity index (χ1v) is 8.79. The maximum atomic E-state index is 9.64. The Kier molecular flexibility index (Phi) is 11.1. The normalized spacial score (nSPS) is 10.7. The number of nitrogens with one attached hydrogen (secondary N) is 2. The molecule has 0 amide bonds. The van der Waals surface area contributed by atoms with E-state index in [4.69, 9.17) is 9.47 Å². The molecular weight excluding hydrogens is 457 g/mol. The standard InChI is InChI=1S/C20H27N3O3.HI/c1-3-21-20(23-13-14-26-17-7-5-4-6-8-17)22-12-11-16-9-10-18(24)19(15-16)25-2;/h4-10,15,24H,3,11-14H2,1-2H3,(H2,21,22,23);1H. The van der Waals surface area contributed by atoms with Crippen molar-refractivity contribution < 1.29 is 14.6 Å². The minimum Gasteiger partial charge on any atom is -0.504 e. The molecule has 0 saturated carbocycles. The Morgan fingerprint density at radius 1 is 1.11 bits per heavy atom. The van der Waals surface area contributed by atoms with E-state index in [1.165, 1.54) is 0 Å². The fraction of sp³-hybridized carbons (Fsp3) is 0.350. The fourth-order valence-corrected chi connectivity index (χ4v) is 2.37. The number of aliphatic imine (C=N–C) groups is 1. The van der Waals surface area contributed by atoms with Crippen molar-refractivity contribution in [1.29, 1.82) is 0 Å². The van der Waals surface area contributed by atoms with Gasteiger partial charge in [-0.3, -0.25) is 4.99 Å². The number of aromatic hydroxyl groups is 1. The van der Waals surface area contributed by atoms with Gasteiger partial charge in [-0.1, -0.05) is 24.3 Å². The van der Waals surface area contributed by atoms with Crippen molar-refractivity contribution in [3.8, 4) is 17.2 Å². The molecular formula is C20H28IN3O3. The van der Waals surface area contributed by atoms with Crippen molar-refractivity contribution in [3.63, 3.8) is 0 Å². The van der Waals surface area contributed by atoms with Crippen LogP contribution in [0.3, 0.4) is 0 Å². The van der Waals surface area contributed by atoms with E-state index in [1.807, 2.05) is 49.4 Å². The number of nitrogens with zero attached hydrogens (tertiary/aromatic N) is 1. The van der Waals surface area contributed by atoms with Crippen molar-refractivity contribution in [2.45, 2.75) is 13.3 Å². The largest absolute Gasteiger partial charge is 0.504 e. The van der Waals surface area contributed by atoms with Crippen molar-refractivity contribution in [1.82, 2.24) is 10.6 Å². The van der Waals surface area contributed by atoms with Crippen LogP contribution in [0.15, 0.2) is 53.5 Å². The summed E-state index contributed by atoms with van der Waals surface area (Å²) in [5.74, 6) is 2.25. The number of ether oxygens (including phenoxy) is 2. The summed E-state index contributed by atoms with van der Waals surface area (Å²) in [6.45, 7) is 4.67. The zero-order valence-corrected chi connectivity index (χ0v) is 18.1. The molecule has 6 nitrogen and oxygen atoms in total. The fourth-order valence-electron chi connectivity index (χ4n) is 2.37. The number of hydrogen-bond donors (Lipinski definition) is 3. The predicted molar refractivity (Wildman–Crippen MR) is 120 cm³/mol. The van der Waals surface area contributed by atoms with Crippen molar-refractivity contribution in [3.05, 3.63) is 54.1 Å². The average molecular weight is 485 g/mol. The number of para-hydroxylation sites is 1. The van der Waals surface area contributed by atoms with Gasteiger partial charge < -0.3 is 25.2 Å². The average Bonchev–Trinajstić information content (AvgIpc) is 2.67. The van der Waals surface area contributed by atoms with Gasteiger partial charge in [0.15, 0.2) is 17.5 Å². The number of rotatable bonds is 9. The summed E-state index contributed by atoms with van der Waals surface area (Å²) in [4.78, 5) is 4.57. The molecule has 0 aromatic heterocycles. The minimum atomic E-state index is 0. The molecule has 0 fully saturated rings. The van der Waals surface area contributed by atoms with Crippen LogP contribution >= 0.6 is 24.0 Å². The molecule has 2 rings (SSSR count). The van der Waals surface area contributed by atoms with Gasteiger partial charge in [0.2, 0.25) is 0 Å². The van der Waals surface area contributed by atoms with E-state index in [9.17, 15) is 5.11 Å². The van der Waals surface area contributed by atoms with Crippen LogP contribution in [0.5, 0.6) is 17.2 Å². The second kappa shape index (κ2) is 13.1. The lowest BCUT2D eigenvalue weighted by Crippen LogP contribution is -2.39. The van der Waals surface area contributed by atoms with Crippen LogP contribution in [0.1, 0.15) is 12.5 Å². The summed E-state index contributed by atoms with van der Waals surface area (Å²) < 4.78 is 10.8. The highest BCUT2D eigenvalue weighted by atomic mass is 127. The van der Waals surface area contributed by atoms with E-state index in [2.05, 4.69) is 15.6 Å². The van der Waals surface area contributed by atoms with E-state index < -0.39 is 0 Å². The smallest absolute Gasteiger partial charge is 0.191 e. The van der Waals surface area contributed by atoms with Crippen LogP contribution < -0.4 is 20.1 Å². The van der Waals surface area contributed by atoms with Gasteiger partial charge in [-0.2, -0.15) is 0 Å². The van der Waals surface area contributed by atoms with Gasteiger partial charge in [-0.25, -0.2) is 0 Å². The van der Waals surface area contributed by atoms with Gasteiger partial charge in [0, 0.05) is 13.1 Å². The highest BCUT2D eigenvalue weighted by Gasteiger charge is 2.03. The van der Waals surface area contributed by atoms with Gasteiger partial charge in [0.25, 0.3) is 0 Å². The topological polar surface area (TPSA) is 75.1 Å². The molecule has 0 atom stereocenters. The Morgan fingerprint density at radius 3 is 2.59 bits per heavy atom. The molecule has 2 aromatic carbocycles. The predicted octanol–water partition coefficient (Wildman–Crippen LogP) is 3.20. The summed E-state index contributed by atoms with van der Waals surface area (Å²) >= 11 is 0. The molecule has 2 aromatic rings. The van der Waals surface area contributed by atoms with Gasteiger partial charge in [-0.15, -0.1) is 24.0 Å². The lowest BCUT2D eigenvalue weighted by atomic mass is 10.1. The third-order valence-corrected chi connectivity index (χ3v) is 3.67. The SMILES string of the molecule is CCNC(=NCCc1ccc(O)c(OC)c1)NCCOc1ccccc1.I. The van der Waals surface area contributed by atoms with E-state index in [-0.39, 0.29) is 29.7 Å². The Hall–Kier alpha value is -2.16. The Balaban J connectivity index is 0.00000364. The second-order valence-corrected chi connectivity index (χ2v) is 5.61. The summed E-state index contributed by atoms with van der Waals surface area (Å²) in [5, 5.41) is 16.1. The highest BCUT2D eigenvalue weighted by molar-refractivity contribution is 14.0. The zero-order valence-electron chi connectivity index (χ0n) is 15.8. The van der Waals surface area contributed by atoms with Crippen LogP contribution in [0.25, 0.3) is 0 Å². The molecule has 3 N–H and O–H groups in total. The molecule has 7 heteroatoms. The van der Waals surface area contributed by atoms with Crippen LogP contribution in [0.2, 0.25) is 0 Å². The van der Waals surface area contributed by atoms with Gasteiger partial charge in [0.1, 0.15) is 12.4 Å². The monoisotopic (exact) mass is 485 g/mol. The number of phenols is 1. The van der Waals surface area contributed by atoms with Crippen LogP contribution in [-0.4, -0.2) is 44.4 Å². The third-order valence-electron chi connectivity index (χ3n) is 3.67. The van der Waals surface area contributed by atoms with Gasteiger partial charge >= 0.3 is 0 Å². The molecule has 0 aliphatic heterocycles. The van der Waals surface area contributed by atoms with Crippen LogP contribution in [0, 0.1) is 0 Å². The first-order valence-electron chi connectivity index (χ1n) is 8.79. The number of hydrogen-bond acceptors (Lipinski definition) is 4. The van der Waals surface area contributed by atoms with Crippen molar-refractivity contribution >= 4 is 29.9 Å². The Morgan fingerprint density at radius 2 is 1.89 bits per heavy atom. The molecule has 0 unspecified atom stereocenters. The molecule has 0 aliphatic carbocycles. The molecule has 0 radical (unpaired) electrons. The van der Waals surface area contributed by atoms with E-state index in [0.29, 0.717) is 25.4 Å². The Labute approximate surface area is 178 Å². The second-order valence-electron chi connectivity index (χ2n) is 5.61. The number of methoxy groups -OCH3 is 1. The third kappa shape index (κ3) is 8.38. The summed E-state index contributed by atoms with van der Waals surface area (Å²) in [5.41, 5.74) is 1.06. The van der Waals surface area contributed by atoms with Gasteiger partial charge in [-0.05, 0) is 43.2 Å². The number of benzene rings is 2. The van der Waals surface area contributed by atoms with E-state index in [1.54, 1.807) is 13.2 Å². The van der Waals surface area contributed by atoms with E-state index in [0.717, 1.165) is 30.2 Å². The number of guanidine groups is 1. The Bertz CT molecular complexity index is 696. The van der Waals surface area contributed by atoms with Gasteiger partial charge in [0.05, 0.1) is 13.7 Å². The lowest BCUT2D eigenvalue weighted by Gasteiger charge is -2.12. The minimum absolute atomic E-state index is 0.